The Kier molecular flexibility index (Phi) is 3.05. The highest BCUT2D eigenvalue weighted by Crippen LogP contribution is 2.30. The molecule has 1 aromatic rings. The molecule has 84 valence electrons. The predicted octanol–water partition coefficient (Wildman–Crippen LogP) is 2.63. The van der Waals surface area contributed by atoms with Gasteiger partial charge >= 0.3 is 0 Å². The Labute approximate surface area is 100 Å². The largest absolute Gasteiger partial charge is 0.274 e. The molecular weight excluding hydrogens is 277 g/mol. The van der Waals surface area contributed by atoms with E-state index in [4.69, 9.17) is 0 Å². The smallest absolute Gasteiger partial charge is 0.233 e. The predicted molar refractivity (Wildman–Crippen MR) is 60.4 cm³/mol. The molecule has 0 aliphatic carbocycles. The Morgan fingerprint density at radius 1 is 1.19 bits per heavy atom. The molecule has 0 atom stereocenters. The normalized spacial score (nSPS) is 16.8. The third-order valence-corrected chi connectivity index (χ3v) is 3.07. The van der Waals surface area contributed by atoms with Gasteiger partial charge in [0.25, 0.3) is 0 Å². The maximum Gasteiger partial charge on any atom is 0.233 e. The Hall–Kier alpha value is -1.23. The van der Waals surface area contributed by atoms with Gasteiger partial charge in [0.2, 0.25) is 11.8 Å². The van der Waals surface area contributed by atoms with Crippen molar-refractivity contribution in [1.82, 2.24) is 0 Å². The minimum Gasteiger partial charge on any atom is -0.274 e. The van der Waals surface area contributed by atoms with E-state index in [1.807, 2.05) is 0 Å². The first-order valence-corrected chi connectivity index (χ1v) is 5.70. The third kappa shape index (κ3) is 2.00. The molecule has 3 nitrogen and oxygen atoms in total. The summed E-state index contributed by atoms with van der Waals surface area (Å²) in [6.45, 7) is 0. The molecule has 1 fully saturated rings. The zero-order valence-electron chi connectivity index (χ0n) is 8.37. The van der Waals surface area contributed by atoms with E-state index in [-0.39, 0.29) is 11.8 Å². The van der Waals surface area contributed by atoms with E-state index in [0.29, 0.717) is 29.4 Å². The molecular formula is C11H9BrFNO2. The lowest BCUT2D eigenvalue weighted by Gasteiger charge is -2.25. The van der Waals surface area contributed by atoms with Crippen LogP contribution in [0.4, 0.5) is 10.1 Å². The molecule has 0 aromatic heterocycles. The average molecular weight is 286 g/mol. The quantitative estimate of drug-likeness (QED) is 0.744. The summed E-state index contributed by atoms with van der Waals surface area (Å²) in [5.74, 6) is -0.875. The van der Waals surface area contributed by atoms with Crippen LogP contribution < -0.4 is 4.90 Å². The van der Waals surface area contributed by atoms with Crippen LogP contribution in [0.15, 0.2) is 22.7 Å². The zero-order chi connectivity index (χ0) is 11.7. The van der Waals surface area contributed by atoms with E-state index in [0.717, 1.165) is 4.90 Å². The number of benzene rings is 1. The van der Waals surface area contributed by atoms with Crippen LogP contribution >= 0.6 is 15.9 Å². The minimum atomic E-state index is -0.410. The third-order valence-electron chi connectivity index (χ3n) is 2.43. The summed E-state index contributed by atoms with van der Waals surface area (Å²) in [6, 6.07) is 3.90. The molecule has 1 aliphatic rings. The van der Waals surface area contributed by atoms with Gasteiger partial charge < -0.3 is 0 Å². The summed E-state index contributed by atoms with van der Waals surface area (Å²) in [6.07, 6.45) is 1.30. The van der Waals surface area contributed by atoms with E-state index in [2.05, 4.69) is 15.9 Å². The highest BCUT2D eigenvalue weighted by atomic mass is 79.9. The van der Waals surface area contributed by atoms with E-state index in [9.17, 15) is 14.0 Å². The number of carbonyl (C=O) groups excluding carboxylic acids is 2. The number of carbonyl (C=O) groups is 2. The first-order chi connectivity index (χ1) is 7.59. The summed E-state index contributed by atoms with van der Waals surface area (Å²) in [5, 5.41) is 0. The second-order valence-corrected chi connectivity index (χ2v) is 4.43. The van der Waals surface area contributed by atoms with Gasteiger partial charge in [-0.15, -0.1) is 0 Å². The lowest BCUT2D eigenvalue weighted by Crippen LogP contribution is -2.40. The Bertz CT molecular complexity index is 445. The van der Waals surface area contributed by atoms with Gasteiger partial charge in [0.15, 0.2) is 0 Å². The Balaban J connectivity index is 2.42. The van der Waals surface area contributed by atoms with Crippen molar-refractivity contribution >= 4 is 33.4 Å². The van der Waals surface area contributed by atoms with Gasteiger partial charge in [0.05, 0.1) is 5.69 Å². The molecule has 0 N–H and O–H groups in total. The van der Waals surface area contributed by atoms with Crippen LogP contribution in [0.25, 0.3) is 0 Å². The maximum atomic E-state index is 12.9. The number of anilines is 1. The SMILES string of the molecule is O=C1CCCC(=O)N1c1ccc(F)cc1Br. The van der Waals surface area contributed by atoms with E-state index in [1.165, 1.54) is 18.2 Å². The highest BCUT2D eigenvalue weighted by Gasteiger charge is 2.28. The van der Waals surface area contributed by atoms with Crippen molar-refractivity contribution in [1.29, 1.82) is 0 Å². The van der Waals surface area contributed by atoms with Crippen LogP contribution in [-0.4, -0.2) is 11.8 Å². The average Bonchev–Trinajstić information content (AvgIpc) is 2.20. The molecule has 1 aliphatic heterocycles. The molecule has 0 radical (unpaired) electrons. The van der Waals surface area contributed by atoms with Crippen LogP contribution in [0.5, 0.6) is 0 Å². The number of imide groups is 1. The molecule has 0 bridgehead atoms. The van der Waals surface area contributed by atoms with E-state index >= 15 is 0 Å². The fraction of sp³-hybridized carbons (Fsp3) is 0.273. The van der Waals surface area contributed by atoms with Gasteiger partial charge in [0.1, 0.15) is 5.82 Å². The number of nitrogens with zero attached hydrogens (tertiary/aromatic N) is 1. The van der Waals surface area contributed by atoms with E-state index in [1.54, 1.807) is 0 Å². The van der Waals surface area contributed by atoms with Crippen LogP contribution in [0.3, 0.4) is 0 Å². The molecule has 0 unspecified atom stereocenters. The van der Waals surface area contributed by atoms with Gasteiger partial charge in [-0.3, -0.25) is 9.59 Å². The molecule has 1 aromatic carbocycles. The topological polar surface area (TPSA) is 37.4 Å². The molecule has 1 saturated heterocycles. The summed E-state index contributed by atoms with van der Waals surface area (Å²) in [5.41, 5.74) is 0.413. The van der Waals surface area contributed by atoms with Crippen molar-refractivity contribution in [2.24, 2.45) is 0 Å². The summed E-state index contributed by atoms with van der Waals surface area (Å²) >= 11 is 3.15. The molecule has 2 amide bonds. The maximum absolute atomic E-state index is 12.9. The Morgan fingerprint density at radius 2 is 1.81 bits per heavy atom. The second-order valence-electron chi connectivity index (χ2n) is 3.57. The Morgan fingerprint density at radius 3 is 2.38 bits per heavy atom. The van der Waals surface area contributed by atoms with Gasteiger partial charge in [-0.1, -0.05) is 0 Å². The van der Waals surface area contributed by atoms with E-state index < -0.39 is 5.82 Å². The molecule has 2 rings (SSSR count). The van der Waals surface area contributed by atoms with Gasteiger partial charge in [-0.05, 0) is 40.5 Å². The fourth-order valence-corrected chi connectivity index (χ4v) is 2.21. The van der Waals surface area contributed by atoms with Gasteiger partial charge in [-0.25, -0.2) is 9.29 Å². The van der Waals surface area contributed by atoms with Crippen molar-refractivity contribution in [2.75, 3.05) is 4.90 Å². The number of hydrogen-bond acceptors (Lipinski definition) is 2. The number of hydrogen-bond donors (Lipinski definition) is 0. The molecule has 16 heavy (non-hydrogen) atoms. The highest BCUT2D eigenvalue weighted by molar-refractivity contribution is 9.10. The van der Waals surface area contributed by atoms with Crippen molar-refractivity contribution in [3.05, 3.63) is 28.5 Å². The summed E-state index contributed by atoms with van der Waals surface area (Å²) in [7, 11) is 0. The zero-order valence-corrected chi connectivity index (χ0v) is 9.96. The van der Waals surface area contributed by atoms with Crippen LogP contribution in [0.2, 0.25) is 0 Å². The van der Waals surface area contributed by atoms with Crippen LogP contribution in [0.1, 0.15) is 19.3 Å². The molecule has 1 heterocycles. The lowest BCUT2D eigenvalue weighted by atomic mass is 10.1. The minimum absolute atomic E-state index is 0.233. The molecule has 0 spiro atoms. The number of piperidine rings is 1. The second kappa shape index (κ2) is 4.33. The van der Waals surface area contributed by atoms with Crippen LogP contribution in [-0.2, 0) is 9.59 Å². The molecule has 0 saturated carbocycles. The summed E-state index contributed by atoms with van der Waals surface area (Å²) < 4.78 is 13.3. The standard InChI is InChI=1S/C11H9BrFNO2/c12-8-6-7(13)4-5-9(8)14-10(15)2-1-3-11(14)16/h4-6H,1-3H2. The van der Waals surface area contributed by atoms with Gasteiger partial charge in [-0.2, -0.15) is 0 Å². The lowest BCUT2D eigenvalue weighted by molar-refractivity contribution is -0.129. The van der Waals surface area contributed by atoms with Crippen molar-refractivity contribution < 1.29 is 14.0 Å². The number of rotatable bonds is 1. The summed E-state index contributed by atoms with van der Waals surface area (Å²) in [4.78, 5) is 24.4. The van der Waals surface area contributed by atoms with Crippen molar-refractivity contribution in [2.45, 2.75) is 19.3 Å². The number of halogens is 2. The first kappa shape index (κ1) is 11.3. The van der Waals surface area contributed by atoms with Crippen molar-refractivity contribution in [3.8, 4) is 0 Å². The van der Waals surface area contributed by atoms with Crippen molar-refractivity contribution in [3.63, 3.8) is 0 Å². The van der Waals surface area contributed by atoms with Gasteiger partial charge in [0, 0.05) is 17.3 Å². The number of amides is 2. The molecule has 5 heteroatoms. The van der Waals surface area contributed by atoms with Crippen LogP contribution in [0, 0.1) is 5.82 Å². The monoisotopic (exact) mass is 285 g/mol. The first-order valence-electron chi connectivity index (χ1n) is 4.90. The fourth-order valence-electron chi connectivity index (χ4n) is 1.68.